The third-order valence-electron chi connectivity index (χ3n) is 1.66. The van der Waals surface area contributed by atoms with Crippen LogP contribution in [0.1, 0.15) is 5.56 Å². The first kappa shape index (κ1) is 11.4. The van der Waals surface area contributed by atoms with Gasteiger partial charge in [0, 0.05) is 11.6 Å². The third-order valence-corrected chi connectivity index (χ3v) is 1.66. The molecule has 0 radical (unpaired) electrons. The van der Waals surface area contributed by atoms with Gasteiger partial charge in [-0.15, -0.1) is 0 Å². The van der Waals surface area contributed by atoms with Crippen molar-refractivity contribution in [2.75, 3.05) is 0 Å². The van der Waals surface area contributed by atoms with Gasteiger partial charge in [-0.1, -0.05) is 0 Å². The van der Waals surface area contributed by atoms with Crippen molar-refractivity contribution in [3.05, 3.63) is 33.9 Å². The lowest BCUT2D eigenvalue weighted by molar-refractivity contribution is -0.384. The number of aliphatic hydroxyl groups is 1. The van der Waals surface area contributed by atoms with Crippen LogP contribution in [-0.2, 0) is 6.61 Å². The molecule has 7 nitrogen and oxygen atoms in total. The monoisotopic (exact) mass is 213 g/mol. The quantitative estimate of drug-likeness (QED) is 0.350. The predicted octanol–water partition coefficient (Wildman–Crippen LogP) is -0.565. The van der Waals surface area contributed by atoms with E-state index in [4.69, 9.17) is 15.2 Å². The number of rotatable bonds is 4. The van der Waals surface area contributed by atoms with Crippen molar-refractivity contribution in [1.82, 2.24) is 0 Å². The number of benzene rings is 1. The zero-order valence-corrected chi connectivity index (χ0v) is 7.53. The van der Waals surface area contributed by atoms with Gasteiger partial charge in [0.2, 0.25) is 0 Å². The molecule has 0 aliphatic rings. The SMILES string of the molecule is O=[N+]([O-])c1ccc(CO)c(OB(O)O)c1. The van der Waals surface area contributed by atoms with Crippen molar-refractivity contribution in [2.45, 2.75) is 6.61 Å². The molecule has 0 atom stereocenters. The van der Waals surface area contributed by atoms with Gasteiger partial charge >= 0.3 is 7.32 Å². The fourth-order valence-electron chi connectivity index (χ4n) is 1.01. The van der Waals surface area contributed by atoms with Gasteiger partial charge in [-0.05, 0) is 6.07 Å². The first-order valence-electron chi connectivity index (χ1n) is 3.95. The fourth-order valence-corrected chi connectivity index (χ4v) is 1.01. The van der Waals surface area contributed by atoms with E-state index in [1.165, 1.54) is 12.1 Å². The highest BCUT2D eigenvalue weighted by Gasteiger charge is 2.17. The summed E-state index contributed by atoms with van der Waals surface area (Å²) in [7, 11) is -2.09. The first-order chi connectivity index (χ1) is 7.04. The Morgan fingerprint density at radius 1 is 1.47 bits per heavy atom. The predicted molar refractivity (Wildman–Crippen MR) is 49.8 cm³/mol. The molecular formula is C7H8BNO6. The van der Waals surface area contributed by atoms with E-state index < -0.39 is 18.9 Å². The van der Waals surface area contributed by atoms with Crippen LogP contribution in [0, 0.1) is 10.1 Å². The average molecular weight is 213 g/mol. The summed E-state index contributed by atoms with van der Waals surface area (Å²) in [6.45, 7) is -0.417. The van der Waals surface area contributed by atoms with Crippen LogP contribution < -0.4 is 4.65 Å². The topological polar surface area (TPSA) is 113 Å². The normalized spacial score (nSPS) is 9.80. The number of hydrogen-bond donors (Lipinski definition) is 3. The Hall–Kier alpha value is -1.64. The smallest absolute Gasteiger partial charge is 0.511 e. The highest BCUT2D eigenvalue weighted by molar-refractivity contribution is 6.33. The van der Waals surface area contributed by atoms with Gasteiger partial charge in [-0.3, -0.25) is 10.1 Å². The number of aliphatic hydroxyl groups excluding tert-OH is 1. The van der Waals surface area contributed by atoms with Crippen molar-refractivity contribution >= 4 is 13.0 Å². The summed E-state index contributed by atoms with van der Waals surface area (Å²) in [4.78, 5) is 9.75. The van der Waals surface area contributed by atoms with Gasteiger partial charge in [0.1, 0.15) is 5.75 Å². The molecule has 0 saturated heterocycles. The van der Waals surface area contributed by atoms with E-state index >= 15 is 0 Å². The standard InChI is InChI=1S/C7H8BNO6/c10-4-5-1-2-6(9(13)14)3-7(5)15-8(11)12/h1-3,10-12H,4H2. The molecule has 0 saturated carbocycles. The summed E-state index contributed by atoms with van der Waals surface area (Å²) in [5.41, 5.74) is -0.0310. The zero-order chi connectivity index (χ0) is 11.4. The van der Waals surface area contributed by atoms with Gasteiger partial charge in [0.25, 0.3) is 5.69 Å². The minimum atomic E-state index is -2.09. The largest absolute Gasteiger partial charge is 0.707 e. The molecule has 0 aromatic heterocycles. The van der Waals surface area contributed by atoms with Gasteiger partial charge in [0.05, 0.1) is 17.6 Å². The van der Waals surface area contributed by atoms with Crippen LogP contribution in [0.5, 0.6) is 5.75 Å². The second kappa shape index (κ2) is 4.74. The summed E-state index contributed by atoms with van der Waals surface area (Å²) in [5, 5.41) is 36.3. The van der Waals surface area contributed by atoms with Crippen LogP contribution in [-0.4, -0.2) is 27.4 Å². The van der Waals surface area contributed by atoms with Crippen LogP contribution in [0.3, 0.4) is 0 Å². The summed E-state index contributed by atoms with van der Waals surface area (Å²) in [6.07, 6.45) is 0. The van der Waals surface area contributed by atoms with E-state index in [1.807, 2.05) is 0 Å². The minimum absolute atomic E-state index is 0.137. The first-order valence-corrected chi connectivity index (χ1v) is 3.95. The maximum atomic E-state index is 10.4. The molecule has 0 bridgehead atoms. The molecule has 0 aliphatic heterocycles. The molecule has 0 spiro atoms. The highest BCUT2D eigenvalue weighted by Crippen LogP contribution is 2.24. The molecule has 0 fully saturated rings. The van der Waals surface area contributed by atoms with Crippen LogP contribution in [0.25, 0.3) is 0 Å². The minimum Gasteiger partial charge on any atom is -0.511 e. The van der Waals surface area contributed by atoms with Crippen molar-refractivity contribution in [2.24, 2.45) is 0 Å². The average Bonchev–Trinajstić information content (AvgIpc) is 2.16. The Morgan fingerprint density at radius 2 is 2.13 bits per heavy atom. The van der Waals surface area contributed by atoms with Crippen molar-refractivity contribution < 1.29 is 24.7 Å². The van der Waals surface area contributed by atoms with Crippen molar-refractivity contribution in [1.29, 1.82) is 0 Å². The molecule has 1 aromatic carbocycles. The lowest BCUT2D eigenvalue weighted by Gasteiger charge is -2.08. The number of non-ortho nitro benzene ring substituents is 1. The lowest BCUT2D eigenvalue weighted by atomic mass is 10.1. The lowest BCUT2D eigenvalue weighted by Crippen LogP contribution is -2.21. The molecule has 15 heavy (non-hydrogen) atoms. The Kier molecular flexibility index (Phi) is 3.61. The van der Waals surface area contributed by atoms with Crippen molar-refractivity contribution in [3.63, 3.8) is 0 Å². The highest BCUT2D eigenvalue weighted by atomic mass is 16.6. The second-order valence-corrected chi connectivity index (χ2v) is 2.65. The Balaban J connectivity index is 3.07. The van der Waals surface area contributed by atoms with Crippen LogP contribution >= 0.6 is 0 Å². The molecule has 1 rings (SSSR count). The Labute approximate surface area is 84.9 Å². The molecular weight excluding hydrogens is 205 g/mol. The number of nitrogens with zero attached hydrogens (tertiary/aromatic N) is 1. The van der Waals surface area contributed by atoms with E-state index in [1.54, 1.807) is 0 Å². The summed E-state index contributed by atoms with van der Waals surface area (Å²) in [5.74, 6) is -0.137. The van der Waals surface area contributed by atoms with Crippen LogP contribution in [0.15, 0.2) is 18.2 Å². The van der Waals surface area contributed by atoms with E-state index in [-0.39, 0.29) is 17.0 Å². The van der Waals surface area contributed by atoms with E-state index in [9.17, 15) is 10.1 Å². The maximum Gasteiger partial charge on any atom is 0.707 e. The summed E-state index contributed by atoms with van der Waals surface area (Å²) in [6, 6.07) is 3.46. The Morgan fingerprint density at radius 3 is 2.60 bits per heavy atom. The van der Waals surface area contributed by atoms with Crippen molar-refractivity contribution in [3.8, 4) is 5.75 Å². The molecule has 0 aliphatic carbocycles. The molecule has 80 valence electrons. The van der Waals surface area contributed by atoms with Gasteiger partial charge < -0.3 is 19.8 Å². The van der Waals surface area contributed by atoms with E-state index in [0.29, 0.717) is 0 Å². The summed E-state index contributed by atoms with van der Waals surface area (Å²) < 4.78 is 4.47. The molecule has 1 aromatic rings. The molecule has 0 heterocycles. The number of nitro groups is 1. The van der Waals surface area contributed by atoms with E-state index in [2.05, 4.69) is 4.65 Å². The van der Waals surface area contributed by atoms with E-state index in [0.717, 1.165) is 6.07 Å². The fraction of sp³-hybridized carbons (Fsp3) is 0.143. The third kappa shape index (κ3) is 2.91. The maximum absolute atomic E-state index is 10.4. The molecule has 3 N–H and O–H groups in total. The van der Waals surface area contributed by atoms with Crippen LogP contribution in [0.4, 0.5) is 5.69 Å². The Bertz CT molecular complexity index is 368. The zero-order valence-electron chi connectivity index (χ0n) is 7.53. The summed E-state index contributed by atoms with van der Waals surface area (Å²) >= 11 is 0. The number of hydrogen-bond acceptors (Lipinski definition) is 6. The molecule has 8 heteroatoms. The second-order valence-electron chi connectivity index (χ2n) is 2.65. The van der Waals surface area contributed by atoms with Gasteiger partial charge in [-0.25, -0.2) is 0 Å². The van der Waals surface area contributed by atoms with Gasteiger partial charge in [0.15, 0.2) is 0 Å². The number of nitro benzene ring substituents is 1. The molecule has 0 unspecified atom stereocenters. The van der Waals surface area contributed by atoms with Gasteiger partial charge in [-0.2, -0.15) is 0 Å². The van der Waals surface area contributed by atoms with Crippen LogP contribution in [0.2, 0.25) is 0 Å². The molecule has 0 amide bonds.